The maximum Gasteiger partial charge on any atom is 0.200 e. The Balaban J connectivity index is 1.28. The van der Waals surface area contributed by atoms with Crippen molar-refractivity contribution in [1.82, 2.24) is 0 Å². The second-order valence-electron chi connectivity index (χ2n) is 10.5. The molecule has 0 amide bonds. The van der Waals surface area contributed by atoms with Crippen LogP contribution in [0.3, 0.4) is 0 Å². The number of halogens is 2. The monoisotopic (exact) mass is 430 g/mol. The van der Waals surface area contributed by atoms with Crippen LogP contribution in [-0.2, 0) is 0 Å². The van der Waals surface area contributed by atoms with Crippen molar-refractivity contribution >= 4 is 0 Å². The average Bonchev–Trinajstić information content (AvgIpc) is 2.81. The molecule has 1 nitrogen and oxygen atoms in total. The molecule has 3 fully saturated rings. The minimum absolute atomic E-state index is 0.00300. The predicted molar refractivity (Wildman–Crippen MR) is 123 cm³/mol. The van der Waals surface area contributed by atoms with Gasteiger partial charge in [0.1, 0.15) is 0 Å². The van der Waals surface area contributed by atoms with Gasteiger partial charge in [-0.25, -0.2) is 4.39 Å². The van der Waals surface area contributed by atoms with E-state index in [0.29, 0.717) is 5.56 Å². The summed E-state index contributed by atoms with van der Waals surface area (Å²) >= 11 is 0. The molecule has 172 valence electrons. The molecular weight excluding hydrogens is 390 g/mol. The van der Waals surface area contributed by atoms with Gasteiger partial charge in [0.2, 0.25) is 5.82 Å². The van der Waals surface area contributed by atoms with E-state index in [0.717, 1.165) is 42.4 Å². The highest BCUT2D eigenvalue weighted by Crippen LogP contribution is 2.50. The SMILES string of the molecule is C/C=C/CCC1CCC2CC(C3CCC(c4ccc(OC)c(F)c4F)CC3)CCC2C1. The van der Waals surface area contributed by atoms with Gasteiger partial charge in [0, 0.05) is 0 Å². The number of ether oxygens (including phenoxy) is 1. The molecule has 31 heavy (non-hydrogen) atoms. The Morgan fingerprint density at radius 1 is 0.839 bits per heavy atom. The van der Waals surface area contributed by atoms with Crippen LogP contribution in [0.4, 0.5) is 8.78 Å². The normalized spacial score (nSPS) is 33.9. The fourth-order valence-corrected chi connectivity index (χ4v) is 7.13. The summed E-state index contributed by atoms with van der Waals surface area (Å²) in [6.07, 6.45) is 20.0. The van der Waals surface area contributed by atoms with Crippen molar-refractivity contribution in [2.75, 3.05) is 7.11 Å². The van der Waals surface area contributed by atoms with Crippen LogP contribution in [0.15, 0.2) is 24.3 Å². The van der Waals surface area contributed by atoms with Gasteiger partial charge in [0.25, 0.3) is 0 Å². The second kappa shape index (κ2) is 10.5. The maximum absolute atomic E-state index is 14.5. The van der Waals surface area contributed by atoms with E-state index in [1.54, 1.807) is 12.1 Å². The van der Waals surface area contributed by atoms with Crippen LogP contribution in [-0.4, -0.2) is 7.11 Å². The third-order valence-electron chi connectivity index (χ3n) is 8.91. The first kappa shape index (κ1) is 22.8. The van der Waals surface area contributed by atoms with Crippen molar-refractivity contribution in [3.63, 3.8) is 0 Å². The highest BCUT2D eigenvalue weighted by molar-refractivity contribution is 5.33. The minimum atomic E-state index is -0.832. The van der Waals surface area contributed by atoms with E-state index in [1.165, 1.54) is 71.3 Å². The second-order valence-corrected chi connectivity index (χ2v) is 10.5. The van der Waals surface area contributed by atoms with Crippen LogP contribution in [0.5, 0.6) is 5.75 Å². The number of hydrogen-bond donors (Lipinski definition) is 0. The molecule has 3 heteroatoms. The molecule has 0 saturated heterocycles. The first-order valence-corrected chi connectivity index (χ1v) is 12.7. The van der Waals surface area contributed by atoms with E-state index in [-0.39, 0.29) is 11.7 Å². The van der Waals surface area contributed by atoms with Gasteiger partial charge in [-0.3, -0.25) is 0 Å². The van der Waals surface area contributed by atoms with Gasteiger partial charge >= 0.3 is 0 Å². The molecule has 0 aromatic heterocycles. The Hall–Kier alpha value is -1.38. The lowest BCUT2D eigenvalue weighted by Crippen LogP contribution is -2.34. The number of hydrogen-bond acceptors (Lipinski definition) is 1. The number of rotatable bonds is 6. The predicted octanol–water partition coefficient (Wildman–Crippen LogP) is 8.44. The molecule has 3 saturated carbocycles. The lowest BCUT2D eigenvalue weighted by molar-refractivity contribution is 0.0620. The summed E-state index contributed by atoms with van der Waals surface area (Å²) in [7, 11) is 1.38. The van der Waals surface area contributed by atoms with Crippen molar-refractivity contribution in [3.8, 4) is 5.75 Å². The lowest BCUT2D eigenvalue weighted by Gasteiger charge is -2.45. The fourth-order valence-electron chi connectivity index (χ4n) is 7.13. The van der Waals surface area contributed by atoms with E-state index in [2.05, 4.69) is 19.1 Å². The Kier molecular flexibility index (Phi) is 7.72. The van der Waals surface area contributed by atoms with Crippen molar-refractivity contribution in [2.45, 2.75) is 89.9 Å². The van der Waals surface area contributed by atoms with Crippen molar-refractivity contribution in [3.05, 3.63) is 41.5 Å². The van der Waals surface area contributed by atoms with E-state index < -0.39 is 11.6 Å². The summed E-state index contributed by atoms with van der Waals surface area (Å²) in [5, 5.41) is 0. The van der Waals surface area contributed by atoms with Crippen molar-refractivity contribution in [1.29, 1.82) is 0 Å². The molecule has 1 aromatic carbocycles. The van der Waals surface area contributed by atoms with Crippen LogP contribution < -0.4 is 4.74 Å². The largest absolute Gasteiger partial charge is 0.494 e. The Labute approximate surface area is 187 Å². The molecule has 0 spiro atoms. The third kappa shape index (κ3) is 5.17. The van der Waals surface area contributed by atoms with Gasteiger partial charge < -0.3 is 4.74 Å². The Morgan fingerprint density at radius 2 is 1.48 bits per heavy atom. The summed E-state index contributed by atoms with van der Waals surface area (Å²) in [6, 6.07) is 3.32. The summed E-state index contributed by atoms with van der Waals surface area (Å²) in [6.45, 7) is 2.12. The molecule has 4 atom stereocenters. The van der Waals surface area contributed by atoms with Crippen LogP contribution in [0, 0.1) is 41.2 Å². The molecule has 0 radical (unpaired) electrons. The van der Waals surface area contributed by atoms with Crippen LogP contribution in [0.1, 0.15) is 95.5 Å². The van der Waals surface area contributed by atoms with Crippen LogP contribution >= 0.6 is 0 Å². The number of fused-ring (bicyclic) bond motifs is 1. The van der Waals surface area contributed by atoms with Gasteiger partial charge in [-0.05, 0) is 125 Å². The van der Waals surface area contributed by atoms with Gasteiger partial charge in [-0.15, -0.1) is 0 Å². The van der Waals surface area contributed by atoms with E-state index in [9.17, 15) is 8.78 Å². The van der Waals surface area contributed by atoms with Crippen LogP contribution in [0.2, 0.25) is 0 Å². The van der Waals surface area contributed by atoms with Gasteiger partial charge in [-0.1, -0.05) is 24.6 Å². The topological polar surface area (TPSA) is 9.23 Å². The molecule has 4 unspecified atom stereocenters. The first-order chi connectivity index (χ1) is 15.1. The van der Waals surface area contributed by atoms with E-state index in [1.807, 2.05) is 0 Å². The van der Waals surface area contributed by atoms with E-state index >= 15 is 0 Å². The lowest BCUT2D eigenvalue weighted by atomic mass is 9.60. The summed E-state index contributed by atoms with van der Waals surface area (Å²) in [5.74, 6) is 3.13. The number of benzene rings is 1. The molecule has 4 rings (SSSR count). The molecule has 0 aliphatic heterocycles. The Morgan fingerprint density at radius 3 is 2.19 bits per heavy atom. The zero-order valence-corrected chi connectivity index (χ0v) is 19.4. The standard InChI is InChI=1S/C28H40F2O/c1-3-4-5-6-19-7-8-24-18-23(14-13-22(24)17-19)20-9-11-21(12-10-20)25-15-16-26(31-2)28(30)27(25)29/h3-4,15-16,19-24H,5-14,17-18H2,1-2H3/b4-3+. The molecule has 0 heterocycles. The van der Waals surface area contributed by atoms with Gasteiger partial charge in [0.05, 0.1) is 7.11 Å². The van der Waals surface area contributed by atoms with Gasteiger partial charge in [-0.2, -0.15) is 4.39 Å². The van der Waals surface area contributed by atoms with Crippen molar-refractivity contribution in [2.24, 2.45) is 29.6 Å². The molecule has 3 aliphatic carbocycles. The quantitative estimate of drug-likeness (QED) is 0.411. The van der Waals surface area contributed by atoms with Gasteiger partial charge in [0.15, 0.2) is 11.6 Å². The zero-order valence-electron chi connectivity index (χ0n) is 19.4. The average molecular weight is 431 g/mol. The number of allylic oxidation sites excluding steroid dienone is 2. The molecular formula is C28H40F2O. The smallest absolute Gasteiger partial charge is 0.200 e. The summed E-state index contributed by atoms with van der Waals surface area (Å²) in [5.41, 5.74) is 0.552. The van der Waals surface area contributed by atoms with Crippen molar-refractivity contribution < 1.29 is 13.5 Å². The zero-order chi connectivity index (χ0) is 21.8. The summed E-state index contributed by atoms with van der Waals surface area (Å²) < 4.78 is 33.6. The highest BCUT2D eigenvalue weighted by atomic mass is 19.2. The number of methoxy groups -OCH3 is 1. The highest BCUT2D eigenvalue weighted by Gasteiger charge is 2.39. The molecule has 3 aliphatic rings. The first-order valence-electron chi connectivity index (χ1n) is 12.7. The molecule has 1 aromatic rings. The maximum atomic E-state index is 14.5. The van der Waals surface area contributed by atoms with E-state index in [4.69, 9.17) is 4.74 Å². The molecule has 0 N–H and O–H groups in total. The minimum Gasteiger partial charge on any atom is -0.494 e. The third-order valence-corrected chi connectivity index (χ3v) is 8.91. The Bertz CT molecular complexity index is 750. The van der Waals surface area contributed by atoms with Crippen LogP contribution in [0.25, 0.3) is 0 Å². The summed E-state index contributed by atoms with van der Waals surface area (Å²) in [4.78, 5) is 0. The fraction of sp³-hybridized carbons (Fsp3) is 0.714. The molecule has 0 bridgehead atoms.